The molecular formula is C13H17N3O2. The third-order valence-corrected chi connectivity index (χ3v) is 2.87. The van der Waals surface area contributed by atoms with E-state index in [1.165, 1.54) is 0 Å². The molecule has 3 N–H and O–H groups in total. The number of nitrogens with zero attached hydrogens (tertiary/aromatic N) is 2. The molecule has 1 atom stereocenters. The van der Waals surface area contributed by atoms with Crippen molar-refractivity contribution in [2.45, 2.75) is 12.5 Å². The van der Waals surface area contributed by atoms with E-state index in [1.807, 2.05) is 19.3 Å². The Labute approximate surface area is 106 Å². The monoisotopic (exact) mass is 247 g/mol. The van der Waals surface area contributed by atoms with Gasteiger partial charge in [0.15, 0.2) is 0 Å². The van der Waals surface area contributed by atoms with Crippen LogP contribution >= 0.6 is 0 Å². The lowest BCUT2D eigenvalue weighted by atomic mass is 10.0. The number of aliphatic hydroxyl groups is 1. The molecule has 2 rings (SSSR count). The molecule has 18 heavy (non-hydrogen) atoms. The van der Waals surface area contributed by atoms with Crippen molar-refractivity contribution in [1.82, 2.24) is 9.78 Å². The number of hydrogen-bond donors (Lipinski definition) is 2. The van der Waals surface area contributed by atoms with Crippen LogP contribution in [0.4, 0.5) is 5.69 Å². The van der Waals surface area contributed by atoms with Crippen molar-refractivity contribution >= 4 is 5.69 Å². The number of rotatable bonds is 4. The first-order valence-corrected chi connectivity index (χ1v) is 5.69. The van der Waals surface area contributed by atoms with Crippen LogP contribution in [0.5, 0.6) is 5.75 Å². The zero-order valence-electron chi connectivity index (χ0n) is 10.5. The van der Waals surface area contributed by atoms with E-state index < -0.39 is 6.10 Å². The highest BCUT2D eigenvalue weighted by atomic mass is 16.5. The predicted octanol–water partition coefficient (Wildman–Crippen LogP) is 1.29. The summed E-state index contributed by atoms with van der Waals surface area (Å²) in [4.78, 5) is 0. The van der Waals surface area contributed by atoms with Gasteiger partial charge in [-0.1, -0.05) is 12.1 Å². The number of benzene rings is 1. The average molecular weight is 247 g/mol. The third-order valence-electron chi connectivity index (χ3n) is 2.87. The fraction of sp³-hybridized carbons (Fsp3) is 0.308. The molecule has 2 aromatic rings. The van der Waals surface area contributed by atoms with Crippen LogP contribution in [-0.4, -0.2) is 22.0 Å². The second-order valence-electron chi connectivity index (χ2n) is 4.21. The molecule has 1 unspecified atom stereocenters. The minimum absolute atomic E-state index is 0.477. The smallest absolute Gasteiger partial charge is 0.142 e. The van der Waals surface area contributed by atoms with Crippen LogP contribution in [0.1, 0.15) is 17.2 Å². The van der Waals surface area contributed by atoms with E-state index in [4.69, 9.17) is 10.5 Å². The van der Waals surface area contributed by atoms with Gasteiger partial charge in [0, 0.05) is 25.2 Å². The molecule has 0 bridgehead atoms. The summed E-state index contributed by atoms with van der Waals surface area (Å²) in [5.74, 6) is 0.581. The Balaban J connectivity index is 2.21. The van der Waals surface area contributed by atoms with E-state index in [2.05, 4.69) is 5.10 Å². The third kappa shape index (κ3) is 2.46. The van der Waals surface area contributed by atoms with Crippen molar-refractivity contribution in [3.05, 3.63) is 41.7 Å². The number of nitrogen functional groups attached to an aromatic ring is 1. The van der Waals surface area contributed by atoms with Crippen LogP contribution in [0.2, 0.25) is 0 Å². The molecule has 0 radical (unpaired) electrons. The summed E-state index contributed by atoms with van der Waals surface area (Å²) in [7, 11) is 3.40. The first-order valence-electron chi connectivity index (χ1n) is 5.69. The Morgan fingerprint density at radius 1 is 1.50 bits per heavy atom. The fourth-order valence-electron chi connectivity index (χ4n) is 1.94. The number of aliphatic hydroxyl groups excluding tert-OH is 1. The molecule has 0 aliphatic heterocycles. The van der Waals surface area contributed by atoms with Gasteiger partial charge in [-0.2, -0.15) is 5.10 Å². The molecule has 5 heteroatoms. The van der Waals surface area contributed by atoms with Crippen molar-refractivity contribution in [2.75, 3.05) is 12.8 Å². The summed E-state index contributed by atoms with van der Waals surface area (Å²) >= 11 is 0. The lowest BCUT2D eigenvalue weighted by Crippen LogP contribution is -2.06. The molecule has 0 fully saturated rings. The highest BCUT2D eigenvalue weighted by Gasteiger charge is 2.15. The number of hydrogen-bond acceptors (Lipinski definition) is 4. The van der Waals surface area contributed by atoms with Gasteiger partial charge in [0.05, 0.1) is 25.1 Å². The van der Waals surface area contributed by atoms with Crippen molar-refractivity contribution in [3.8, 4) is 5.75 Å². The van der Waals surface area contributed by atoms with Crippen LogP contribution in [0.15, 0.2) is 30.6 Å². The zero-order valence-corrected chi connectivity index (χ0v) is 10.5. The van der Waals surface area contributed by atoms with Gasteiger partial charge in [-0.25, -0.2) is 0 Å². The van der Waals surface area contributed by atoms with E-state index in [0.717, 1.165) is 5.56 Å². The number of anilines is 1. The van der Waals surface area contributed by atoms with E-state index in [-0.39, 0.29) is 0 Å². The van der Waals surface area contributed by atoms with Gasteiger partial charge >= 0.3 is 0 Å². The molecule has 0 saturated heterocycles. The summed E-state index contributed by atoms with van der Waals surface area (Å²) in [6.07, 6.45) is 3.42. The first-order chi connectivity index (χ1) is 8.61. The predicted molar refractivity (Wildman–Crippen MR) is 69.3 cm³/mol. The highest BCUT2D eigenvalue weighted by Crippen LogP contribution is 2.30. The summed E-state index contributed by atoms with van der Waals surface area (Å²) in [6, 6.07) is 5.39. The van der Waals surface area contributed by atoms with Gasteiger partial charge in [-0.05, 0) is 11.6 Å². The van der Waals surface area contributed by atoms with E-state index in [9.17, 15) is 5.11 Å². The van der Waals surface area contributed by atoms with Gasteiger partial charge in [0.25, 0.3) is 0 Å². The maximum Gasteiger partial charge on any atom is 0.142 e. The van der Waals surface area contributed by atoms with Gasteiger partial charge in [0.1, 0.15) is 5.75 Å². The van der Waals surface area contributed by atoms with E-state index in [0.29, 0.717) is 23.4 Å². The molecule has 96 valence electrons. The van der Waals surface area contributed by atoms with Crippen LogP contribution in [-0.2, 0) is 13.5 Å². The fourth-order valence-corrected chi connectivity index (χ4v) is 1.94. The molecule has 1 aromatic heterocycles. The molecule has 5 nitrogen and oxygen atoms in total. The minimum atomic E-state index is -0.663. The number of methoxy groups -OCH3 is 1. The Hall–Kier alpha value is -2.01. The van der Waals surface area contributed by atoms with Crippen molar-refractivity contribution < 1.29 is 9.84 Å². The van der Waals surface area contributed by atoms with Gasteiger partial charge in [0.2, 0.25) is 0 Å². The maximum atomic E-state index is 10.2. The SMILES string of the molecule is COc1cccc(C(O)Cc2cnn(C)c2)c1N. The quantitative estimate of drug-likeness (QED) is 0.798. The topological polar surface area (TPSA) is 73.3 Å². The molecular weight excluding hydrogens is 230 g/mol. The number of nitrogens with two attached hydrogens (primary N) is 1. The summed E-state index contributed by atoms with van der Waals surface area (Å²) in [6.45, 7) is 0. The Morgan fingerprint density at radius 2 is 2.28 bits per heavy atom. The molecule has 0 aliphatic rings. The molecule has 0 amide bonds. The van der Waals surface area contributed by atoms with Crippen LogP contribution in [0.3, 0.4) is 0 Å². The van der Waals surface area contributed by atoms with Crippen molar-refractivity contribution in [1.29, 1.82) is 0 Å². The van der Waals surface area contributed by atoms with Crippen LogP contribution in [0, 0.1) is 0 Å². The van der Waals surface area contributed by atoms with Gasteiger partial charge < -0.3 is 15.6 Å². The van der Waals surface area contributed by atoms with Crippen LogP contribution in [0.25, 0.3) is 0 Å². The number of ether oxygens (including phenoxy) is 1. The Kier molecular flexibility index (Phi) is 3.53. The second-order valence-corrected chi connectivity index (χ2v) is 4.21. The number of aryl methyl sites for hydroxylation is 1. The lowest BCUT2D eigenvalue weighted by Gasteiger charge is -2.14. The van der Waals surface area contributed by atoms with E-state index >= 15 is 0 Å². The summed E-state index contributed by atoms with van der Waals surface area (Å²) < 4.78 is 6.84. The Morgan fingerprint density at radius 3 is 2.89 bits per heavy atom. The van der Waals surface area contributed by atoms with Gasteiger partial charge in [-0.15, -0.1) is 0 Å². The molecule has 0 aliphatic carbocycles. The first kappa shape index (κ1) is 12.4. The largest absolute Gasteiger partial charge is 0.495 e. The molecule has 1 aromatic carbocycles. The summed E-state index contributed by atoms with van der Waals surface area (Å²) in [5, 5.41) is 14.3. The number of para-hydroxylation sites is 1. The highest BCUT2D eigenvalue weighted by molar-refractivity contribution is 5.59. The van der Waals surface area contributed by atoms with Crippen molar-refractivity contribution in [3.63, 3.8) is 0 Å². The van der Waals surface area contributed by atoms with Gasteiger partial charge in [-0.3, -0.25) is 4.68 Å². The minimum Gasteiger partial charge on any atom is -0.495 e. The average Bonchev–Trinajstić information content (AvgIpc) is 2.75. The normalized spacial score (nSPS) is 12.4. The standard InChI is InChI=1S/C13H17N3O2/c1-16-8-9(7-15-16)6-11(17)10-4-3-5-12(18-2)13(10)14/h3-5,7-8,11,17H,6,14H2,1-2H3. The van der Waals surface area contributed by atoms with E-state index in [1.54, 1.807) is 30.1 Å². The molecule has 1 heterocycles. The zero-order chi connectivity index (χ0) is 13.1. The Bertz CT molecular complexity index is 537. The summed E-state index contributed by atoms with van der Waals surface area (Å²) in [5.41, 5.74) is 8.07. The van der Waals surface area contributed by atoms with Crippen molar-refractivity contribution in [2.24, 2.45) is 7.05 Å². The van der Waals surface area contributed by atoms with Crippen LogP contribution < -0.4 is 10.5 Å². The molecule has 0 spiro atoms. The molecule has 0 saturated carbocycles. The lowest BCUT2D eigenvalue weighted by molar-refractivity contribution is 0.179. The number of aromatic nitrogens is 2. The maximum absolute atomic E-state index is 10.2. The second kappa shape index (κ2) is 5.10.